The Kier molecular flexibility index (Phi) is 5.06. The molecule has 4 nitrogen and oxygen atoms in total. The minimum atomic E-state index is -0.221. The average molecular weight is 305 g/mol. The minimum Gasteiger partial charge on any atom is -0.497 e. The van der Waals surface area contributed by atoms with Gasteiger partial charge in [0, 0.05) is 12.2 Å². The van der Waals surface area contributed by atoms with Crippen molar-refractivity contribution in [2.24, 2.45) is 0 Å². The van der Waals surface area contributed by atoms with Gasteiger partial charge in [0.2, 0.25) is 0 Å². The number of benzene rings is 2. The highest BCUT2D eigenvalue weighted by Crippen LogP contribution is 2.18. The van der Waals surface area contributed by atoms with Crippen LogP contribution in [0.5, 0.6) is 5.75 Å². The molecule has 0 saturated heterocycles. The Bertz CT molecular complexity index is 627. The highest BCUT2D eigenvalue weighted by Gasteiger charge is 2.10. The van der Waals surface area contributed by atoms with Gasteiger partial charge in [0.1, 0.15) is 5.75 Å². The molecule has 0 aromatic heterocycles. The van der Waals surface area contributed by atoms with Crippen molar-refractivity contribution in [2.75, 3.05) is 19.4 Å². The molecule has 0 spiro atoms. The average Bonchev–Trinajstić information content (AvgIpc) is 2.50. The maximum absolute atomic E-state index is 12.0. The van der Waals surface area contributed by atoms with E-state index < -0.39 is 0 Å². The molecule has 2 aromatic carbocycles. The standard InChI is InChI=1S/C16H17ClN2O2/c1-21-13-5-2-11(3-6-13)8-9-19-16(20)14-10-12(18)4-7-15(14)17/h2-7,10H,8-9,18H2,1H3,(H,19,20). The first-order valence-corrected chi connectivity index (χ1v) is 6.94. The first-order chi connectivity index (χ1) is 10.1. The summed E-state index contributed by atoms with van der Waals surface area (Å²) < 4.78 is 5.10. The molecular formula is C16H17ClN2O2. The van der Waals surface area contributed by atoms with Crippen molar-refractivity contribution in [3.63, 3.8) is 0 Å². The van der Waals surface area contributed by atoms with Gasteiger partial charge in [0.25, 0.3) is 5.91 Å². The molecule has 0 aliphatic carbocycles. The van der Waals surface area contributed by atoms with Crippen LogP contribution in [0, 0.1) is 0 Å². The van der Waals surface area contributed by atoms with Crippen LogP contribution in [0.4, 0.5) is 5.69 Å². The Morgan fingerprint density at radius 1 is 1.24 bits per heavy atom. The van der Waals surface area contributed by atoms with Crippen LogP contribution in [0.15, 0.2) is 42.5 Å². The third-order valence-electron chi connectivity index (χ3n) is 3.09. The highest BCUT2D eigenvalue weighted by molar-refractivity contribution is 6.34. The molecule has 21 heavy (non-hydrogen) atoms. The van der Waals surface area contributed by atoms with E-state index in [9.17, 15) is 4.79 Å². The van der Waals surface area contributed by atoms with E-state index in [0.717, 1.165) is 17.7 Å². The van der Waals surface area contributed by atoms with Crippen LogP contribution in [0.3, 0.4) is 0 Å². The van der Waals surface area contributed by atoms with Crippen LogP contribution in [0.25, 0.3) is 0 Å². The lowest BCUT2D eigenvalue weighted by molar-refractivity contribution is 0.0954. The molecule has 0 aliphatic rings. The lowest BCUT2D eigenvalue weighted by Crippen LogP contribution is -2.26. The van der Waals surface area contributed by atoms with Crippen molar-refractivity contribution in [1.29, 1.82) is 0 Å². The number of nitrogen functional groups attached to an aromatic ring is 1. The van der Waals surface area contributed by atoms with Gasteiger partial charge in [0.15, 0.2) is 0 Å². The van der Waals surface area contributed by atoms with Gasteiger partial charge in [-0.2, -0.15) is 0 Å². The second-order valence-corrected chi connectivity index (χ2v) is 5.00. The third kappa shape index (κ3) is 4.13. The number of hydrogen-bond donors (Lipinski definition) is 2. The molecule has 0 fully saturated rings. The second kappa shape index (κ2) is 6.99. The summed E-state index contributed by atoms with van der Waals surface area (Å²) in [7, 11) is 1.63. The van der Waals surface area contributed by atoms with Gasteiger partial charge in [-0.3, -0.25) is 4.79 Å². The van der Waals surface area contributed by atoms with Crippen LogP contribution in [0.1, 0.15) is 15.9 Å². The van der Waals surface area contributed by atoms with Crippen LogP contribution in [-0.2, 0) is 6.42 Å². The van der Waals surface area contributed by atoms with Crippen LogP contribution in [-0.4, -0.2) is 19.6 Å². The molecule has 2 rings (SSSR count). The van der Waals surface area contributed by atoms with Crippen molar-refractivity contribution in [3.05, 3.63) is 58.6 Å². The number of ether oxygens (including phenoxy) is 1. The Labute approximate surface area is 128 Å². The lowest BCUT2D eigenvalue weighted by atomic mass is 10.1. The first-order valence-electron chi connectivity index (χ1n) is 6.56. The monoisotopic (exact) mass is 304 g/mol. The minimum absolute atomic E-state index is 0.221. The third-order valence-corrected chi connectivity index (χ3v) is 3.42. The summed E-state index contributed by atoms with van der Waals surface area (Å²) in [5.74, 6) is 0.593. The van der Waals surface area contributed by atoms with E-state index in [1.54, 1.807) is 25.3 Å². The van der Waals surface area contributed by atoms with E-state index in [-0.39, 0.29) is 5.91 Å². The topological polar surface area (TPSA) is 64.3 Å². The summed E-state index contributed by atoms with van der Waals surface area (Å²) in [5.41, 5.74) is 7.69. The summed E-state index contributed by atoms with van der Waals surface area (Å²) in [6, 6.07) is 12.6. The Balaban J connectivity index is 1.90. The zero-order chi connectivity index (χ0) is 15.2. The number of methoxy groups -OCH3 is 1. The number of anilines is 1. The summed E-state index contributed by atoms with van der Waals surface area (Å²) in [5, 5.41) is 3.23. The number of nitrogens with two attached hydrogens (primary N) is 1. The van der Waals surface area contributed by atoms with Crippen molar-refractivity contribution in [2.45, 2.75) is 6.42 Å². The normalized spacial score (nSPS) is 10.2. The maximum atomic E-state index is 12.0. The predicted molar refractivity (Wildman–Crippen MR) is 84.9 cm³/mol. The fraction of sp³-hybridized carbons (Fsp3) is 0.188. The van der Waals surface area contributed by atoms with E-state index in [1.807, 2.05) is 24.3 Å². The van der Waals surface area contributed by atoms with E-state index in [1.165, 1.54) is 0 Å². The van der Waals surface area contributed by atoms with Gasteiger partial charge in [-0.05, 0) is 42.3 Å². The fourth-order valence-electron chi connectivity index (χ4n) is 1.92. The molecule has 0 heterocycles. The molecule has 0 radical (unpaired) electrons. The van der Waals surface area contributed by atoms with E-state index in [2.05, 4.69) is 5.32 Å². The molecule has 2 aromatic rings. The van der Waals surface area contributed by atoms with Gasteiger partial charge in [-0.1, -0.05) is 23.7 Å². The number of rotatable bonds is 5. The van der Waals surface area contributed by atoms with Crippen molar-refractivity contribution >= 4 is 23.2 Å². The SMILES string of the molecule is COc1ccc(CCNC(=O)c2cc(N)ccc2Cl)cc1. The van der Waals surface area contributed by atoms with Gasteiger partial charge in [-0.15, -0.1) is 0 Å². The predicted octanol–water partition coefficient (Wildman–Crippen LogP) is 2.90. The zero-order valence-corrected chi connectivity index (χ0v) is 12.5. The van der Waals surface area contributed by atoms with Crippen LogP contribution in [0.2, 0.25) is 5.02 Å². The second-order valence-electron chi connectivity index (χ2n) is 4.59. The molecular weight excluding hydrogens is 288 g/mol. The number of amides is 1. The number of carbonyl (C=O) groups is 1. The van der Waals surface area contributed by atoms with Gasteiger partial charge < -0.3 is 15.8 Å². The molecule has 110 valence electrons. The molecule has 0 atom stereocenters. The van der Waals surface area contributed by atoms with Crippen molar-refractivity contribution in [1.82, 2.24) is 5.32 Å². The molecule has 0 unspecified atom stereocenters. The number of halogens is 1. The summed E-state index contributed by atoms with van der Waals surface area (Å²) in [6.45, 7) is 0.524. The molecule has 5 heteroatoms. The Hall–Kier alpha value is -2.20. The van der Waals surface area contributed by atoms with E-state index in [4.69, 9.17) is 22.1 Å². The lowest BCUT2D eigenvalue weighted by Gasteiger charge is -2.08. The van der Waals surface area contributed by atoms with E-state index >= 15 is 0 Å². The summed E-state index contributed by atoms with van der Waals surface area (Å²) in [6.07, 6.45) is 0.732. The molecule has 0 bridgehead atoms. The quantitative estimate of drug-likeness (QED) is 0.835. The van der Waals surface area contributed by atoms with E-state index in [0.29, 0.717) is 22.8 Å². The van der Waals surface area contributed by atoms with Crippen molar-refractivity contribution in [3.8, 4) is 5.75 Å². The Morgan fingerprint density at radius 2 is 1.95 bits per heavy atom. The van der Waals surface area contributed by atoms with Gasteiger partial charge >= 0.3 is 0 Å². The van der Waals surface area contributed by atoms with Crippen LogP contribution < -0.4 is 15.8 Å². The summed E-state index contributed by atoms with van der Waals surface area (Å²) in [4.78, 5) is 12.0. The highest BCUT2D eigenvalue weighted by atomic mass is 35.5. The largest absolute Gasteiger partial charge is 0.497 e. The molecule has 0 saturated carbocycles. The van der Waals surface area contributed by atoms with Crippen molar-refractivity contribution < 1.29 is 9.53 Å². The number of carbonyl (C=O) groups excluding carboxylic acids is 1. The van der Waals surface area contributed by atoms with Gasteiger partial charge in [-0.25, -0.2) is 0 Å². The fourth-order valence-corrected chi connectivity index (χ4v) is 2.13. The summed E-state index contributed by atoms with van der Waals surface area (Å²) >= 11 is 5.99. The maximum Gasteiger partial charge on any atom is 0.252 e. The van der Waals surface area contributed by atoms with Crippen LogP contribution >= 0.6 is 11.6 Å². The zero-order valence-electron chi connectivity index (χ0n) is 11.7. The smallest absolute Gasteiger partial charge is 0.252 e. The number of hydrogen-bond acceptors (Lipinski definition) is 3. The number of nitrogens with one attached hydrogen (secondary N) is 1. The Morgan fingerprint density at radius 3 is 2.62 bits per heavy atom. The molecule has 1 amide bonds. The molecule has 0 aliphatic heterocycles. The van der Waals surface area contributed by atoms with Gasteiger partial charge in [0.05, 0.1) is 17.7 Å². The first kappa shape index (κ1) is 15.2. The molecule has 3 N–H and O–H groups in total.